The minimum absolute atomic E-state index is 0.0475. The van der Waals surface area contributed by atoms with Gasteiger partial charge in [0, 0.05) is 19.5 Å². The lowest BCUT2D eigenvalue weighted by molar-refractivity contribution is -0.142. The molecule has 2 heterocycles. The molecule has 68 valence electrons. The first-order chi connectivity index (χ1) is 5.79. The van der Waals surface area contributed by atoms with Gasteiger partial charge in [0.2, 0.25) is 0 Å². The van der Waals surface area contributed by atoms with Gasteiger partial charge in [-0.15, -0.1) is 0 Å². The maximum absolute atomic E-state index is 11.0. The Balaban J connectivity index is 1.86. The summed E-state index contributed by atoms with van der Waals surface area (Å²) in [5.41, 5.74) is 0. The van der Waals surface area contributed by atoms with E-state index in [2.05, 4.69) is 9.64 Å². The van der Waals surface area contributed by atoms with Crippen molar-refractivity contribution < 1.29 is 9.53 Å². The zero-order valence-electron chi connectivity index (χ0n) is 7.45. The highest BCUT2D eigenvalue weighted by Crippen LogP contribution is 2.34. The van der Waals surface area contributed by atoms with Crippen molar-refractivity contribution in [2.75, 3.05) is 26.7 Å². The summed E-state index contributed by atoms with van der Waals surface area (Å²) in [6, 6.07) is 0. The molecule has 12 heavy (non-hydrogen) atoms. The minimum atomic E-state index is -0.0475. The van der Waals surface area contributed by atoms with E-state index in [1.54, 1.807) is 0 Å². The quantitative estimate of drug-likeness (QED) is 0.564. The van der Waals surface area contributed by atoms with Crippen LogP contribution in [0.15, 0.2) is 0 Å². The van der Waals surface area contributed by atoms with Crippen LogP contribution in [0.25, 0.3) is 0 Å². The highest BCUT2D eigenvalue weighted by molar-refractivity contribution is 5.69. The molecule has 3 atom stereocenters. The average molecular weight is 169 g/mol. The van der Waals surface area contributed by atoms with Crippen molar-refractivity contribution in [1.82, 2.24) is 4.90 Å². The number of carbonyl (C=O) groups excluding carboxylic acids is 1. The van der Waals surface area contributed by atoms with Gasteiger partial charge in [-0.2, -0.15) is 0 Å². The van der Waals surface area contributed by atoms with Crippen molar-refractivity contribution in [2.24, 2.45) is 11.8 Å². The van der Waals surface area contributed by atoms with E-state index >= 15 is 0 Å². The fourth-order valence-corrected chi connectivity index (χ4v) is 2.42. The second kappa shape index (κ2) is 3.05. The van der Waals surface area contributed by atoms with Crippen LogP contribution in [0.2, 0.25) is 0 Å². The Hall–Kier alpha value is -0.570. The summed E-state index contributed by atoms with van der Waals surface area (Å²) in [6.45, 7) is 3.56. The van der Waals surface area contributed by atoms with Gasteiger partial charge in [0.05, 0.1) is 7.11 Å². The van der Waals surface area contributed by atoms with Crippen LogP contribution in [-0.4, -0.2) is 37.6 Å². The molecule has 2 bridgehead atoms. The van der Waals surface area contributed by atoms with Crippen molar-refractivity contribution >= 4 is 5.97 Å². The molecule has 0 aromatic heterocycles. The molecular formula is C9H15NO2. The predicted octanol–water partition coefficient (Wildman–Crippen LogP) is 0.501. The third-order valence-corrected chi connectivity index (χ3v) is 3.12. The molecule has 3 unspecified atom stereocenters. The van der Waals surface area contributed by atoms with Gasteiger partial charge in [0.25, 0.3) is 0 Å². The first-order valence-electron chi connectivity index (χ1n) is 4.59. The molecule has 3 heteroatoms. The Morgan fingerprint density at radius 1 is 1.58 bits per heavy atom. The lowest BCUT2D eigenvalue weighted by Gasteiger charge is -2.20. The van der Waals surface area contributed by atoms with Gasteiger partial charge < -0.3 is 9.64 Å². The van der Waals surface area contributed by atoms with Gasteiger partial charge in [-0.1, -0.05) is 0 Å². The van der Waals surface area contributed by atoms with Crippen LogP contribution in [0, 0.1) is 11.8 Å². The number of rotatable bonds is 2. The largest absolute Gasteiger partial charge is 0.469 e. The van der Waals surface area contributed by atoms with E-state index < -0.39 is 0 Å². The van der Waals surface area contributed by atoms with E-state index in [0.717, 1.165) is 12.5 Å². The second-order valence-corrected chi connectivity index (χ2v) is 3.85. The normalized spacial score (nSPS) is 38.6. The van der Waals surface area contributed by atoms with Gasteiger partial charge in [-0.05, 0) is 24.8 Å². The summed E-state index contributed by atoms with van der Waals surface area (Å²) in [5.74, 6) is 1.30. The molecule has 0 aromatic carbocycles. The summed E-state index contributed by atoms with van der Waals surface area (Å²) in [6.07, 6.45) is 1.90. The Bertz CT molecular complexity index is 193. The number of piperidine rings is 1. The van der Waals surface area contributed by atoms with E-state index in [-0.39, 0.29) is 5.97 Å². The lowest BCUT2D eigenvalue weighted by Crippen LogP contribution is -2.25. The van der Waals surface area contributed by atoms with E-state index in [0.29, 0.717) is 12.3 Å². The van der Waals surface area contributed by atoms with Gasteiger partial charge in [-0.3, -0.25) is 4.79 Å². The molecule has 0 N–H and O–H groups in total. The van der Waals surface area contributed by atoms with E-state index in [1.165, 1.54) is 26.6 Å². The SMILES string of the molecule is COC(=O)CC1CN2CCC1C2. The maximum atomic E-state index is 11.0. The second-order valence-electron chi connectivity index (χ2n) is 3.85. The molecule has 2 saturated heterocycles. The summed E-state index contributed by atoms with van der Waals surface area (Å²) < 4.78 is 4.66. The molecule has 0 spiro atoms. The molecule has 2 fully saturated rings. The number of hydrogen-bond donors (Lipinski definition) is 0. The van der Waals surface area contributed by atoms with E-state index in [9.17, 15) is 4.79 Å². The number of esters is 1. The monoisotopic (exact) mass is 169 g/mol. The van der Waals surface area contributed by atoms with E-state index in [4.69, 9.17) is 0 Å². The van der Waals surface area contributed by atoms with Crippen molar-refractivity contribution in [3.8, 4) is 0 Å². The molecule has 2 aliphatic rings. The topological polar surface area (TPSA) is 29.5 Å². The van der Waals surface area contributed by atoms with Gasteiger partial charge in [0.1, 0.15) is 0 Å². The van der Waals surface area contributed by atoms with Crippen molar-refractivity contribution in [2.45, 2.75) is 12.8 Å². The molecule has 0 saturated carbocycles. The fourth-order valence-electron chi connectivity index (χ4n) is 2.42. The highest BCUT2D eigenvalue weighted by Gasteiger charge is 2.38. The molecule has 0 aliphatic carbocycles. The Morgan fingerprint density at radius 3 is 2.92 bits per heavy atom. The van der Waals surface area contributed by atoms with Crippen LogP contribution in [-0.2, 0) is 9.53 Å². The van der Waals surface area contributed by atoms with Crippen LogP contribution in [0.3, 0.4) is 0 Å². The van der Waals surface area contributed by atoms with Crippen LogP contribution in [0.4, 0.5) is 0 Å². The number of carbonyl (C=O) groups is 1. The predicted molar refractivity (Wildman–Crippen MR) is 44.7 cm³/mol. The number of methoxy groups -OCH3 is 1. The Labute approximate surface area is 72.7 Å². The third kappa shape index (κ3) is 1.33. The molecular weight excluding hydrogens is 154 g/mol. The van der Waals surface area contributed by atoms with Crippen molar-refractivity contribution in [3.63, 3.8) is 0 Å². The number of ether oxygens (including phenoxy) is 1. The van der Waals surface area contributed by atoms with Gasteiger partial charge in [0.15, 0.2) is 0 Å². The van der Waals surface area contributed by atoms with Gasteiger partial charge in [-0.25, -0.2) is 0 Å². The summed E-state index contributed by atoms with van der Waals surface area (Å²) >= 11 is 0. The van der Waals surface area contributed by atoms with E-state index in [1.807, 2.05) is 0 Å². The highest BCUT2D eigenvalue weighted by atomic mass is 16.5. The molecule has 0 amide bonds. The lowest BCUT2D eigenvalue weighted by atomic mass is 9.90. The van der Waals surface area contributed by atoms with Crippen LogP contribution >= 0.6 is 0 Å². The molecule has 2 rings (SSSR count). The number of hydrogen-bond acceptors (Lipinski definition) is 3. The van der Waals surface area contributed by atoms with Crippen molar-refractivity contribution in [3.05, 3.63) is 0 Å². The zero-order valence-corrected chi connectivity index (χ0v) is 7.45. The van der Waals surface area contributed by atoms with Crippen LogP contribution in [0.5, 0.6) is 0 Å². The smallest absolute Gasteiger partial charge is 0.305 e. The van der Waals surface area contributed by atoms with Crippen molar-refractivity contribution in [1.29, 1.82) is 0 Å². The maximum Gasteiger partial charge on any atom is 0.305 e. The summed E-state index contributed by atoms with van der Waals surface area (Å²) in [4.78, 5) is 13.4. The molecule has 0 radical (unpaired) electrons. The van der Waals surface area contributed by atoms with Crippen LogP contribution in [0.1, 0.15) is 12.8 Å². The van der Waals surface area contributed by atoms with Gasteiger partial charge >= 0.3 is 5.97 Å². The molecule has 2 aliphatic heterocycles. The minimum Gasteiger partial charge on any atom is -0.469 e. The third-order valence-electron chi connectivity index (χ3n) is 3.12. The first kappa shape index (κ1) is 8.05. The first-order valence-corrected chi connectivity index (χ1v) is 4.59. The summed E-state index contributed by atoms with van der Waals surface area (Å²) in [5, 5.41) is 0. The fraction of sp³-hybridized carbons (Fsp3) is 0.889. The number of fused-ring (bicyclic) bond motifs is 2. The molecule has 0 aromatic rings. The zero-order chi connectivity index (χ0) is 8.55. The molecule has 3 nitrogen and oxygen atoms in total. The average Bonchev–Trinajstić information content (AvgIpc) is 2.64. The Kier molecular flexibility index (Phi) is 2.05. The van der Waals surface area contributed by atoms with Crippen LogP contribution < -0.4 is 0 Å². The Morgan fingerprint density at radius 2 is 2.42 bits per heavy atom. The standard InChI is InChI=1S/C9H15NO2/c1-12-9(11)4-8-6-10-3-2-7(8)5-10/h7-8H,2-6H2,1H3. The number of nitrogens with zero attached hydrogens (tertiary/aromatic N) is 1. The summed E-state index contributed by atoms with van der Waals surface area (Å²) in [7, 11) is 1.47.